The predicted molar refractivity (Wildman–Crippen MR) is 96.7 cm³/mol. The van der Waals surface area contributed by atoms with Gasteiger partial charge in [-0.2, -0.15) is 5.10 Å². The Morgan fingerprint density at radius 1 is 1.27 bits per heavy atom. The number of halogens is 1. The number of rotatable bonds is 6. The maximum absolute atomic E-state index is 13.0. The van der Waals surface area contributed by atoms with Crippen LogP contribution in [0.5, 0.6) is 0 Å². The Kier molecular flexibility index (Phi) is 6.00. The van der Waals surface area contributed by atoms with Crippen molar-refractivity contribution in [1.82, 2.24) is 19.6 Å². The van der Waals surface area contributed by atoms with Crippen LogP contribution in [0, 0.1) is 5.82 Å². The van der Waals surface area contributed by atoms with Crippen molar-refractivity contribution >= 4 is 5.97 Å². The minimum absolute atomic E-state index is 0.0900. The first kappa shape index (κ1) is 18.5. The van der Waals surface area contributed by atoms with Gasteiger partial charge < -0.3 is 5.11 Å². The van der Waals surface area contributed by atoms with E-state index in [2.05, 4.69) is 10.00 Å². The standard InChI is InChI=1S/C19H25FN4O2/c1-22(14-19(25)26)17-3-2-10-23(11-9-17)13-16-8-12-24(21-16)18-6-4-15(20)5-7-18/h4-8,12,17H,2-3,9-11,13-14H2,1H3,(H,25,26). The molecule has 140 valence electrons. The maximum atomic E-state index is 13.0. The van der Waals surface area contributed by atoms with Crippen LogP contribution in [0.2, 0.25) is 0 Å². The van der Waals surface area contributed by atoms with E-state index in [-0.39, 0.29) is 12.4 Å². The van der Waals surface area contributed by atoms with Gasteiger partial charge in [-0.1, -0.05) is 0 Å². The van der Waals surface area contributed by atoms with Crippen LogP contribution in [0.1, 0.15) is 25.0 Å². The molecule has 1 aromatic carbocycles. The number of carbonyl (C=O) groups is 1. The Morgan fingerprint density at radius 3 is 2.77 bits per heavy atom. The molecule has 1 fully saturated rings. The number of aliphatic carboxylic acids is 1. The van der Waals surface area contributed by atoms with E-state index in [1.165, 1.54) is 12.1 Å². The number of benzene rings is 1. The van der Waals surface area contributed by atoms with E-state index in [0.717, 1.165) is 50.3 Å². The molecule has 0 saturated carbocycles. The first-order valence-corrected chi connectivity index (χ1v) is 8.96. The highest BCUT2D eigenvalue weighted by Crippen LogP contribution is 2.17. The number of hydrogen-bond donors (Lipinski definition) is 1. The number of likely N-dealkylation sites (tertiary alicyclic amines) is 1. The van der Waals surface area contributed by atoms with E-state index in [9.17, 15) is 9.18 Å². The Labute approximate surface area is 152 Å². The van der Waals surface area contributed by atoms with E-state index in [4.69, 9.17) is 5.11 Å². The summed E-state index contributed by atoms with van der Waals surface area (Å²) in [5, 5.41) is 13.6. The van der Waals surface area contributed by atoms with Crippen molar-refractivity contribution in [2.75, 3.05) is 26.7 Å². The van der Waals surface area contributed by atoms with Crippen LogP contribution in [0.25, 0.3) is 5.69 Å². The normalized spacial score (nSPS) is 18.8. The molecule has 2 heterocycles. The Bertz CT molecular complexity index is 731. The summed E-state index contributed by atoms with van der Waals surface area (Å²) >= 11 is 0. The second-order valence-electron chi connectivity index (χ2n) is 6.90. The zero-order valence-corrected chi connectivity index (χ0v) is 15.0. The lowest BCUT2D eigenvalue weighted by atomic mass is 10.1. The van der Waals surface area contributed by atoms with E-state index < -0.39 is 5.97 Å². The Morgan fingerprint density at radius 2 is 2.04 bits per heavy atom. The fraction of sp³-hybridized carbons (Fsp3) is 0.474. The summed E-state index contributed by atoms with van der Waals surface area (Å²) in [4.78, 5) is 15.2. The monoisotopic (exact) mass is 360 g/mol. The Hall–Kier alpha value is -2.25. The molecule has 1 unspecified atom stereocenters. The zero-order chi connectivity index (χ0) is 18.5. The van der Waals surface area contributed by atoms with Gasteiger partial charge in [0.2, 0.25) is 0 Å². The van der Waals surface area contributed by atoms with E-state index in [0.29, 0.717) is 6.04 Å². The fourth-order valence-electron chi connectivity index (χ4n) is 3.49. The van der Waals surface area contributed by atoms with Crippen LogP contribution in [-0.2, 0) is 11.3 Å². The van der Waals surface area contributed by atoms with Crippen molar-refractivity contribution in [3.8, 4) is 5.69 Å². The van der Waals surface area contributed by atoms with Gasteiger partial charge in [0, 0.05) is 25.3 Å². The third-order valence-electron chi connectivity index (χ3n) is 4.92. The third-order valence-corrected chi connectivity index (χ3v) is 4.92. The summed E-state index contributed by atoms with van der Waals surface area (Å²) in [6, 6.07) is 8.58. The molecule has 0 radical (unpaired) electrons. The van der Waals surface area contributed by atoms with Crippen LogP contribution < -0.4 is 0 Å². The number of nitrogens with zero attached hydrogens (tertiary/aromatic N) is 4. The third kappa shape index (κ3) is 4.89. The second kappa shape index (κ2) is 8.42. The highest BCUT2D eigenvalue weighted by Gasteiger charge is 2.22. The second-order valence-corrected chi connectivity index (χ2v) is 6.90. The van der Waals surface area contributed by atoms with Crippen molar-refractivity contribution in [3.63, 3.8) is 0 Å². The highest BCUT2D eigenvalue weighted by molar-refractivity contribution is 5.69. The van der Waals surface area contributed by atoms with Gasteiger partial charge in [-0.25, -0.2) is 9.07 Å². The Balaban J connectivity index is 1.56. The van der Waals surface area contributed by atoms with Gasteiger partial charge in [0.25, 0.3) is 0 Å². The van der Waals surface area contributed by atoms with Crippen LogP contribution in [-0.4, -0.2) is 63.4 Å². The van der Waals surface area contributed by atoms with Crippen LogP contribution >= 0.6 is 0 Å². The number of hydrogen-bond acceptors (Lipinski definition) is 4. The molecular weight excluding hydrogens is 335 g/mol. The van der Waals surface area contributed by atoms with E-state index in [1.807, 2.05) is 24.2 Å². The SMILES string of the molecule is CN(CC(=O)O)C1CCCN(Cc2ccn(-c3ccc(F)cc3)n2)CC1. The van der Waals surface area contributed by atoms with E-state index in [1.54, 1.807) is 16.8 Å². The molecule has 7 heteroatoms. The number of carboxylic acid groups (broad SMARTS) is 1. The molecule has 1 aliphatic heterocycles. The summed E-state index contributed by atoms with van der Waals surface area (Å²) in [5.41, 5.74) is 1.82. The molecule has 1 saturated heterocycles. The van der Waals surface area contributed by atoms with Crippen molar-refractivity contribution in [1.29, 1.82) is 0 Å². The van der Waals surface area contributed by atoms with Gasteiger partial charge in [0.05, 0.1) is 17.9 Å². The number of aromatic nitrogens is 2. The summed E-state index contributed by atoms with van der Waals surface area (Å²) in [6.07, 6.45) is 4.92. The number of likely N-dealkylation sites (N-methyl/N-ethyl adjacent to an activating group) is 1. The van der Waals surface area contributed by atoms with Crippen molar-refractivity contribution < 1.29 is 14.3 Å². The van der Waals surface area contributed by atoms with Gasteiger partial charge >= 0.3 is 5.97 Å². The lowest BCUT2D eigenvalue weighted by Gasteiger charge is -2.25. The molecule has 3 rings (SSSR count). The fourth-order valence-corrected chi connectivity index (χ4v) is 3.49. The van der Waals surface area contributed by atoms with Crippen molar-refractivity contribution in [2.24, 2.45) is 0 Å². The van der Waals surface area contributed by atoms with Gasteiger partial charge in [-0.3, -0.25) is 14.6 Å². The molecule has 0 amide bonds. The zero-order valence-electron chi connectivity index (χ0n) is 15.0. The molecule has 0 bridgehead atoms. The van der Waals surface area contributed by atoms with Gasteiger partial charge in [-0.05, 0) is 63.2 Å². The van der Waals surface area contributed by atoms with E-state index >= 15 is 0 Å². The molecule has 6 nitrogen and oxygen atoms in total. The highest BCUT2D eigenvalue weighted by atomic mass is 19.1. The smallest absolute Gasteiger partial charge is 0.317 e. The average Bonchev–Trinajstić information content (AvgIpc) is 2.93. The molecule has 0 aliphatic carbocycles. The lowest BCUT2D eigenvalue weighted by Crippen LogP contribution is -2.36. The molecule has 1 aliphatic rings. The maximum Gasteiger partial charge on any atom is 0.317 e. The van der Waals surface area contributed by atoms with Gasteiger partial charge in [0.1, 0.15) is 5.82 Å². The first-order valence-electron chi connectivity index (χ1n) is 8.96. The minimum atomic E-state index is -0.778. The van der Waals surface area contributed by atoms with Gasteiger partial charge in [0.15, 0.2) is 0 Å². The van der Waals surface area contributed by atoms with Crippen LogP contribution in [0.15, 0.2) is 36.5 Å². The summed E-state index contributed by atoms with van der Waals surface area (Å²) in [5.74, 6) is -1.03. The molecule has 1 atom stereocenters. The molecular formula is C19H25FN4O2. The van der Waals surface area contributed by atoms with Crippen molar-refractivity contribution in [2.45, 2.75) is 31.8 Å². The first-order chi connectivity index (χ1) is 12.5. The minimum Gasteiger partial charge on any atom is -0.480 e. The average molecular weight is 360 g/mol. The summed E-state index contributed by atoms with van der Waals surface area (Å²) in [7, 11) is 1.89. The topological polar surface area (TPSA) is 61.6 Å². The van der Waals surface area contributed by atoms with Gasteiger partial charge in [-0.15, -0.1) is 0 Å². The lowest BCUT2D eigenvalue weighted by molar-refractivity contribution is -0.138. The molecule has 26 heavy (non-hydrogen) atoms. The summed E-state index contributed by atoms with van der Waals surface area (Å²) in [6.45, 7) is 2.77. The largest absolute Gasteiger partial charge is 0.480 e. The molecule has 0 spiro atoms. The van der Waals surface area contributed by atoms with Crippen LogP contribution in [0.3, 0.4) is 0 Å². The quantitative estimate of drug-likeness (QED) is 0.857. The summed E-state index contributed by atoms with van der Waals surface area (Å²) < 4.78 is 14.8. The molecule has 2 aromatic rings. The predicted octanol–water partition coefficient (Wildman–Crippen LogP) is 2.38. The molecule has 1 N–H and O–H groups in total. The van der Waals surface area contributed by atoms with Crippen LogP contribution in [0.4, 0.5) is 4.39 Å². The van der Waals surface area contributed by atoms with Crippen molar-refractivity contribution in [3.05, 3.63) is 48.0 Å². The molecule has 1 aromatic heterocycles. The number of carboxylic acids is 1.